The molecule has 6 nitrogen and oxygen atoms in total. The van der Waals surface area contributed by atoms with Crippen LogP contribution in [-0.4, -0.2) is 53.9 Å². The van der Waals surface area contributed by atoms with Crippen LogP contribution in [0.25, 0.3) is 11.3 Å². The van der Waals surface area contributed by atoms with E-state index in [1.807, 2.05) is 37.3 Å². The number of amides is 1. The van der Waals surface area contributed by atoms with Crippen LogP contribution in [0.3, 0.4) is 0 Å². The second kappa shape index (κ2) is 8.16. The molecular weight excluding hydrogens is 316 g/mol. The molecule has 1 amide bonds. The van der Waals surface area contributed by atoms with E-state index in [4.69, 9.17) is 4.74 Å². The number of likely N-dealkylation sites (tertiary alicyclic amines) is 1. The molecule has 134 valence electrons. The summed E-state index contributed by atoms with van der Waals surface area (Å²) >= 11 is 0. The molecule has 1 aliphatic rings. The predicted molar refractivity (Wildman–Crippen MR) is 97.9 cm³/mol. The molecule has 1 N–H and O–H groups in total. The van der Waals surface area contributed by atoms with E-state index >= 15 is 0 Å². The second-order valence-electron chi connectivity index (χ2n) is 6.24. The summed E-state index contributed by atoms with van der Waals surface area (Å²) < 4.78 is 7.15. The minimum Gasteiger partial charge on any atom is -0.496 e. The van der Waals surface area contributed by atoms with Crippen LogP contribution in [-0.2, 0) is 6.54 Å². The number of benzene rings is 1. The second-order valence-corrected chi connectivity index (χ2v) is 6.24. The third-order valence-electron chi connectivity index (χ3n) is 4.61. The van der Waals surface area contributed by atoms with Gasteiger partial charge in [-0.3, -0.25) is 9.48 Å². The van der Waals surface area contributed by atoms with E-state index in [0.717, 1.165) is 36.6 Å². The third-order valence-corrected chi connectivity index (χ3v) is 4.61. The Bertz CT molecular complexity index is 720. The van der Waals surface area contributed by atoms with Gasteiger partial charge in [0.25, 0.3) is 5.91 Å². The Morgan fingerprint density at radius 1 is 1.28 bits per heavy atom. The Morgan fingerprint density at radius 3 is 2.76 bits per heavy atom. The highest BCUT2D eigenvalue weighted by atomic mass is 16.5. The molecule has 0 saturated carbocycles. The van der Waals surface area contributed by atoms with Gasteiger partial charge >= 0.3 is 0 Å². The van der Waals surface area contributed by atoms with Crippen LogP contribution in [0.4, 0.5) is 0 Å². The van der Waals surface area contributed by atoms with E-state index in [2.05, 4.69) is 15.3 Å². The highest BCUT2D eigenvalue weighted by molar-refractivity contribution is 5.93. The molecule has 25 heavy (non-hydrogen) atoms. The van der Waals surface area contributed by atoms with Gasteiger partial charge < -0.3 is 15.0 Å². The summed E-state index contributed by atoms with van der Waals surface area (Å²) in [7, 11) is 1.64. The van der Waals surface area contributed by atoms with Crippen LogP contribution in [0, 0.1) is 0 Å². The van der Waals surface area contributed by atoms with Gasteiger partial charge in [0.05, 0.1) is 12.8 Å². The lowest BCUT2D eigenvalue weighted by atomic mass is 10.1. The standard InChI is InChI=1S/C19H26N4O2/c1-3-23-17(19(24)20-10-13-22-11-6-7-12-22)14-16(21-23)15-8-4-5-9-18(15)25-2/h4-5,8-9,14H,3,6-7,10-13H2,1-2H3,(H,20,24). The number of nitrogens with one attached hydrogen (secondary N) is 1. The summed E-state index contributed by atoms with van der Waals surface area (Å²) in [5.74, 6) is 0.680. The monoisotopic (exact) mass is 342 g/mol. The van der Waals surface area contributed by atoms with Gasteiger partial charge in [0.1, 0.15) is 11.4 Å². The van der Waals surface area contributed by atoms with Crippen molar-refractivity contribution < 1.29 is 9.53 Å². The van der Waals surface area contributed by atoms with Crippen LogP contribution in [0.1, 0.15) is 30.3 Å². The first-order valence-corrected chi connectivity index (χ1v) is 8.94. The number of aryl methyl sites for hydroxylation is 1. The average molecular weight is 342 g/mol. The van der Waals surface area contributed by atoms with E-state index in [-0.39, 0.29) is 5.91 Å². The van der Waals surface area contributed by atoms with E-state index in [9.17, 15) is 4.79 Å². The van der Waals surface area contributed by atoms with Crippen molar-refractivity contribution in [1.82, 2.24) is 20.0 Å². The molecule has 0 radical (unpaired) electrons. The lowest BCUT2D eigenvalue weighted by Crippen LogP contribution is -2.34. The number of carbonyl (C=O) groups excluding carboxylic acids is 1. The van der Waals surface area contributed by atoms with Gasteiger partial charge in [-0.1, -0.05) is 12.1 Å². The molecule has 1 aromatic carbocycles. The quantitative estimate of drug-likeness (QED) is 0.839. The zero-order valence-electron chi connectivity index (χ0n) is 15.0. The molecule has 0 bridgehead atoms. The zero-order valence-corrected chi connectivity index (χ0v) is 15.0. The maximum Gasteiger partial charge on any atom is 0.269 e. The van der Waals surface area contributed by atoms with E-state index in [1.165, 1.54) is 12.8 Å². The fraction of sp³-hybridized carbons (Fsp3) is 0.474. The Morgan fingerprint density at radius 2 is 2.04 bits per heavy atom. The van der Waals surface area contributed by atoms with E-state index in [1.54, 1.807) is 11.8 Å². The fourth-order valence-corrected chi connectivity index (χ4v) is 3.25. The Balaban J connectivity index is 1.72. The largest absolute Gasteiger partial charge is 0.496 e. The smallest absolute Gasteiger partial charge is 0.269 e. The third kappa shape index (κ3) is 4.02. The van der Waals surface area contributed by atoms with Crippen LogP contribution < -0.4 is 10.1 Å². The van der Waals surface area contributed by atoms with Crippen molar-refractivity contribution in [2.45, 2.75) is 26.3 Å². The number of nitrogens with zero attached hydrogens (tertiary/aromatic N) is 3. The number of rotatable bonds is 7. The summed E-state index contributed by atoms with van der Waals surface area (Å²) in [6.45, 7) is 6.48. The van der Waals surface area contributed by atoms with Gasteiger partial charge in [0.15, 0.2) is 0 Å². The molecule has 0 atom stereocenters. The molecule has 1 aromatic heterocycles. The number of para-hydroxylation sites is 1. The minimum absolute atomic E-state index is 0.0744. The van der Waals surface area contributed by atoms with Crippen molar-refractivity contribution in [2.75, 3.05) is 33.3 Å². The van der Waals surface area contributed by atoms with Crippen molar-refractivity contribution in [3.05, 3.63) is 36.0 Å². The van der Waals surface area contributed by atoms with Crippen LogP contribution >= 0.6 is 0 Å². The first kappa shape index (κ1) is 17.5. The van der Waals surface area contributed by atoms with Gasteiger partial charge in [-0.05, 0) is 51.1 Å². The maximum absolute atomic E-state index is 12.6. The molecule has 0 unspecified atom stereocenters. The molecule has 1 fully saturated rings. The highest BCUT2D eigenvalue weighted by Crippen LogP contribution is 2.29. The first-order valence-electron chi connectivity index (χ1n) is 8.94. The molecule has 2 heterocycles. The Kier molecular flexibility index (Phi) is 5.71. The molecule has 1 saturated heterocycles. The van der Waals surface area contributed by atoms with Crippen LogP contribution in [0.15, 0.2) is 30.3 Å². The zero-order chi connectivity index (χ0) is 17.6. The molecule has 0 spiro atoms. The average Bonchev–Trinajstić information content (AvgIpc) is 3.31. The summed E-state index contributed by atoms with van der Waals surface area (Å²) in [6, 6.07) is 9.56. The number of methoxy groups -OCH3 is 1. The van der Waals surface area contributed by atoms with Crippen molar-refractivity contribution in [3.8, 4) is 17.0 Å². The van der Waals surface area contributed by atoms with Crippen molar-refractivity contribution in [2.24, 2.45) is 0 Å². The lowest BCUT2D eigenvalue weighted by Gasteiger charge is -2.14. The summed E-state index contributed by atoms with van der Waals surface area (Å²) in [6.07, 6.45) is 2.53. The van der Waals surface area contributed by atoms with Crippen LogP contribution in [0.5, 0.6) is 5.75 Å². The summed E-state index contributed by atoms with van der Waals surface area (Å²) in [5, 5.41) is 7.60. The molecular formula is C19H26N4O2. The molecule has 0 aliphatic carbocycles. The number of ether oxygens (including phenoxy) is 1. The number of hydrogen-bond acceptors (Lipinski definition) is 4. The van der Waals surface area contributed by atoms with Gasteiger partial charge in [-0.15, -0.1) is 0 Å². The van der Waals surface area contributed by atoms with Gasteiger partial charge in [0.2, 0.25) is 0 Å². The first-order chi connectivity index (χ1) is 12.2. The fourth-order valence-electron chi connectivity index (χ4n) is 3.25. The van der Waals surface area contributed by atoms with E-state index in [0.29, 0.717) is 18.8 Å². The normalized spacial score (nSPS) is 14.6. The predicted octanol–water partition coefficient (Wildman–Crippen LogP) is 2.40. The molecule has 3 rings (SSSR count). The van der Waals surface area contributed by atoms with Gasteiger partial charge in [-0.2, -0.15) is 5.10 Å². The lowest BCUT2D eigenvalue weighted by molar-refractivity contribution is 0.0939. The molecule has 1 aliphatic heterocycles. The number of aromatic nitrogens is 2. The summed E-state index contributed by atoms with van der Waals surface area (Å²) in [4.78, 5) is 15.0. The Labute approximate surface area is 148 Å². The number of carbonyl (C=O) groups is 1. The van der Waals surface area contributed by atoms with Gasteiger partial charge in [-0.25, -0.2) is 0 Å². The molecule has 6 heteroatoms. The van der Waals surface area contributed by atoms with Crippen molar-refractivity contribution in [3.63, 3.8) is 0 Å². The maximum atomic E-state index is 12.6. The van der Waals surface area contributed by atoms with Gasteiger partial charge in [0, 0.05) is 25.2 Å². The SMILES string of the molecule is CCn1nc(-c2ccccc2OC)cc1C(=O)NCCN1CCCC1. The highest BCUT2D eigenvalue weighted by Gasteiger charge is 2.18. The van der Waals surface area contributed by atoms with Crippen molar-refractivity contribution in [1.29, 1.82) is 0 Å². The van der Waals surface area contributed by atoms with Crippen LogP contribution in [0.2, 0.25) is 0 Å². The Hall–Kier alpha value is -2.34. The van der Waals surface area contributed by atoms with E-state index < -0.39 is 0 Å². The molecule has 2 aromatic rings. The topological polar surface area (TPSA) is 59.4 Å². The number of hydrogen-bond donors (Lipinski definition) is 1. The summed E-state index contributed by atoms with van der Waals surface area (Å²) in [5.41, 5.74) is 2.23. The van der Waals surface area contributed by atoms with Crippen molar-refractivity contribution >= 4 is 5.91 Å². The minimum atomic E-state index is -0.0744.